The largest absolute Gasteiger partial charge is 0.343 e. The maximum absolute atomic E-state index is 3.11. The Labute approximate surface area is 66.7 Å². The molecule has 0 aliphatic carbocycles. The summed E-state index contributed by atoms with van der Waals surface area (Å²) in [6.45, 7) is 2.08. The molecule has 2 aliphatic rings. The topological polar surface area (TPSA) is 27.3 Å². The summed E-state index contributed by atoms with van der Waals surface area (Å²) in [6, 6.07) is 0. The average molecular weight is 151 g/mol. The monoisotopic (exact) mass is 151 g/mol. The van der Waals surface area contributed by atoms with Gasteiger partial charge in [-0.1, -0.05) is 12.2 Å². The number of nitrogens with zero attached hydrogens (tertiary/aromatic N) is 1. The molecule has 60 valence electrons. The van der Waals surface area contributed by atoms with E-state index in [1.54, 1.807) is 0 Å². The molecule has 0 unspecified atom stereocenters. The SMILES string of the molecule is C1=C\CCCN2CNN/C2=C/1. The van der Waals surface area contributed by atoms with Crippen molar-refractivity contribution in [3.8, 4) is 0 Å². The Balaban J connectivity index is 2.14. The lowest BCUT2D eigenvalue weighted by molar-refractivity contribution is 0.375. The number of fused-ring (bicyclic) bond motifs is 1. The molecular formula is C8H13N3. The first-order valence-electron chi connectivity index (χ1n) is 4.07. The highest BCUT2D eigenvalue weighted by Crippen LogP contribution is 2.09. The van der Waals surface area contributed by atoms with Crippen molar-refractivity contribution in [3.05, 3.63) is 24.0 Å². The van der Waals surface area contributed by atoms with Gasteiger partial charge in [0.2, 0.25) is 0 Å². The minimum absolute atomic E-state index is 0.930. The van der Waals surface area contributed by atoms with Crippen LogP contribution in [0, 0.1) is 0 Å². The Morgan fingerprint density at radius 3 is 3.45 bits per heavy atom. The van der Waals surface area contributed by atoms with Crippen LogP contribution in [0.25, 0.3) is 0 Å². The maximum atomic E-state index is 3.11. The molecule has 2 N–H and O–H groups in total. The molecule has 11 heavy (non-hydrogen) atoms. The fraction of sp³-hybridized carbons (Fsp3) is 0.500. The van der Waals surface area contributed by atoms with Gasteiger partial charge in [-0.25, -0.2) is 5.43 Å². The quantitative estimate of drug-likeness (QED) is 0.529. The van der Waals surface area contributed by atoms with Crippen LogP contribution in [-0.2, 0) is 0 Å². The normalized spacial score (nSPS) is 30.9. The molecule has 0 bridgehead atoms. The fourth-order valence-electron chi connectivity index (χ4n) is 1.39. The number of hydrogen-bond acceptors (Lipinski definition) is 3. The van der Waals surface area contributed by atoms with Crippen molar-refractivity contribution >= 4 is 0 Å². The Hall–Kier alpha value is -0.960. The van der Waals surface area contributed by atoms with Crippen LogP contribution >= 0.6 is 0 Å². The molecule has 0 atom stereocenters. The Bertz CT molecular complexity index is 196. The van der Waals surface area contributed by atoms with Crippen molar-refractivity contribution < 1.29 is 0 Å². The smallest absolute Gasteiger partial charge is 0.117 e. The number of allylic oxidation sites excluding steroid dienone is 3. The minimum Gasteiger partial charge on any atom is -0.343 e. The molecule has 0 radical (unpaired) electrons. The number of hydrazine groups is 1. The van der Waals surface area contributed by atoms with Crippen LogP contribution in [0.4, 0.5) is 0 Å². The van der Waals surface area contributed by atoms with E-state index in [1.165, 1.54) is 18.7 Å². The van der Waals surface area contributed by atoms with Crippen molar-refractivity contribution in [2.45, 2.75) is 12.8 Å². The molecule has 0 aromatic heterocycles. The van der Waals surface area contributed by atoms with Crippen LogP contribution in [0.2, 0.25) is 0 Å². The number of hydrogen-bond donors (Lipinski definition) is 2. The third-order valence-corrected chi connectivity index (χ3v) is 2.02. The Morgan fingerprint density at radius 1 is 1.45 bits per heavy atom. The van der Waals surface area contributed by atoms with E-state index in [2.05, 4.69) is 34.0 Å². The zero-order valence-corrected chi connectivity index (χ0v) is 6.51. The second-order valence-corrected chi connectivity index (χ2v) is 2.85. The highest BCUT2D eigenvalue weighted by molar-refractivity contribution is 5.13. The van der Waals surface area contributed by atoms with Gasteiger partial charge in [0.05, 0.1) is 6.67 Å². The van der Waals surface area contributed by atoms with Gasteiger partial charge in [0, 0.05) is 6.54 Å². The molecule has 2 rings (SSSR count). The third kappa shape index (κ3) is 1.38. The van der Waals surface area contributed by atoms with E-state index in [-0.39, 0.29) is 0 Å². The molecule has 0 saturated carbocycles. The first-order valence-corrected chi connectivity index (χ1v) is 4.07. The van der Waals surface area contributed by atoms with E-state index in [0.29, 0.717) is 0 Å². The lowest BCUT2D eigenvalue weighted by Crippen LogP contribution is -2.22. The van der Waals surface area contributed by atoms with E-state index in [1.807, 2.05) is 0 Å². The van der Waals surface area contributed by atoms with Gasteiger partial charge < -0.3 is 10.3 Å². The Morgan fingerprint density at radius 2 is 2.45 bits per heavy atom. The lowest BCUT2D eigenvalue weighted by Gasteiger charge is -2.17. The molecule has 3 heteroatoms. The molecule has 1 saturated heterocycles. The summed E-state index contributed by atoms with van der Waals surface area (Å²) >= 11 is 0. The third-order valence-electron chi connectivity index (χ3n) is 2.02. The maximum Gasteiger partial charge on any atom is 0.117 e. The minimum atomic E-state index is 0.930. The van der Waals surface area contributed by atoms with Crippen molar-refractivity contribution in [2.24, 2.45) is 0 Å². The summed E-state index contributed by atoms with van der Waals surface area (Å²) in [5.41, 5.74) is 6.21. The first kappa shape index (κ1) is 6.73. The zero-order chi connectivity index (χ0) is 7.52. The standard InChI is InChI=1S/C8H13N3/c1-2-4-6-11-7-9-10-8(11)5-3-1/h1,3,5,9-10H,2,4,6-7H2/b3-1-,8-5-. The van der Waals surface area contributed by atoms with Gasteiger partial charge in [-0.05, 0) is 18.9 Å². The number of nitrogens with one attached hydrogen (secondary N) is 2. The first-order chi connectivity index (χ1) is 5.47. The summed E-state index contributed by atoms with van der Waals surface area (Å²) in [4.78, 5) is 2.31. The second-order valence-electron chi connectivity index (χ2n) is 2.85. The zero-order valence-electron chi connectivity index (χ0n) is 6.51. The van der Waals surface area contributed by atoms with Crippen LogP contribution in [-0.4, -0.2) is 18.1 Å². The predicted molar refractivity (Wildman–Crippen MR) is 44.3 cm³/mol. The molecule has 0 aromatic rings. The van der Waals surface area contributed by atoms with Crippen LogP contribution in [0.3, 0.4) is 0 Å². The Kier molecular flexibility index (Phi) is 1.81. The van der Waals surface area contributed by atoms with E-state index >= 15 is 0 Å². The molecule has 3 nitrogen and oxygen atoms in total. The van der Waals surface area contributed by atoms with Gasteiger partial charge in [0.15, 0.2) is 0 Å². The summed E-state index contributed by atoms with van der Waals surface area (Å²) in [5, 5.41) is 0. The molecule has 1 fully saturated rings. The van der Waals surface area contributed by atoms with Gasteiger partial charge in [-0.2, -0.15) is 0 Å². The van der Waals surface area contributed by atoms with Gasteiger partial charge >= 0.3 is 0 Å². The van der Waals surface area contributed by atoms with Crippen LogP contribution in [0.1, 0.15) is 12.8 Å². The van der Waals surface area contributed by atoms with Crippen molar-refractivity contribution in [1.82, 2.24) is 15.8 Å². The van der Waals surface area contributed by atoms with Crippen molar-refractivity contribution in [3.63, 3.8) is 0 Å². The summed E-state index contributed by atoms with van der Waals surface area (Å²) < 4.78 is 0. The lowest BCUT2D eigenvalue weighted by atomic mass is 10.2. The molecule has 0 amide bonds. The molecule has 0 spiro atoms. The summed E-state index contributed by atoms with van der Waals surface area (Å²) in [5.74, 6) is 1.20. The van der Waals surface area contributed by atoms with E-state index in [0.717, 1.165) is 13.2 Å². The van der Waals surface area contributed by atoms with Crippen molar-refractivity contribution in [1.29, 1.82) is 0 Å². The van der Waals surface area contributed by atoms with E-state index < -0.39 is 0 Å². The van der Waals surface area contributed by atoms with E-state index in [4.69, 9.17) is 0 Å². The molecular weight excluding hydrogens is 138 g/mol. The van der Waals surface area contributed by atoms with Gasteiger partial charge in [-0.15, -0.1) is 0 Å². The van der Waals surface area contributed by atoms with Crippen molar-refractivity contribution in [2.75, 3.05) is 13.2 Å². The van der Waals surface area contributed by atoms with Crippen LogP contribution < -0.4 is 10.9 Å². The number of rotatable bonds is 0. The van der Waals surface area contributed by atoms with E-state index in [9.17, 15) is 0 Å². The van der Waals surface area contributed by atoms with Gasteiger partial charge in [-0.3, -0.25) is 0 Å². The molecule has 0 aromatic carbocycles. The molecule has 2 heterocycles. The highest BCUT2D eigenvalue weighted by Gasteiger charge is 2.14. The average Bonchev–Trinajstić information content (AvgIpc) is 2.35. The van der Waals surface area contributed by atoms with Crippen LogP contribution in [0.5, 0.6) is 0 Å². The predicted octanol–water partition coefficient (Wildman–Crippen LogP) is 0.545. The second kappa shape index (κ2) is 2.96. The molecule has 2 aliphatic heterocycles. The highest BCUT2D eigenvalue weighted by atomic mass is 15.6. The van der Waals surface area contributed by atoms with Gasteiger partial charge in [0.25, 0.3) is 0 Å². The van der Waals surface area contributed by atoms with Gasteiger partial charge in [0.1, 0.15) is 5.82 Å². The van der Waals surface area contributed by atoms with Crippen LogP contribution in [0.15, 0.2) is 24.0 Å². The fourth-order valence-corrected chi connectivity index (χ4v) is 1.39. The summed E-state index contributed by atoms with van der Waals surface area (Å²) in [6.07, 6.45) is 8.88. The summed E-state index contributed by atoms with van der Waals surface area (Å²) in [7, 11) is 0.